The van der Waals surface area contributed by atoms with E-state index in [4.69, 9.17) is 15.9 Å². The van der Waals surface area contributed by atoms with Crippen LogP contribution in [-0.2, 0) is 15.6 Å². The number of hydrogen-bond donors (Lipinski definition) is 0. The summed E-state index contributed by atoms with van der Waals surface area (Å²) in [6.07, 6.45) is 0. The first-order valence-electron chi connectivity index (χ1n) is 6.21. The number of aromatic nitrogens is 3. The largest absolute Gasteiger partial charge is 0.297 e. The molecule has 1 aromatic carbocycles. The van der Waals surface area contributed by atoms with Crippen molar-refractivity contribution >= 4 is 19.7 Å². The number of nitriles is 1. The van der Waals surface area contributed by atoms with E-state index in [9.17, 15) is 8.42 Å². The Labute approximate surface area is 127 Å². The zero-order valence-corrected chi connectivity index (χ0v) is 13.1. The molecule has 2 aromatic rings. The minimum absolute atomic E-state index is 0.177. The summed E-state index contributed by atoms with van der Waals surface area (Å²) in [6, 6.07) is 8.77. The lowest BCUT2D eigenvalue weighted by atomic mass is 10.1. The van der Waals surface area contributed by atoms with Crippen LogP contribution in [-0.4, -0.2) is 23.2 Å². The highest BCUT2D eigenvalue weighted by molar-refractivity contribution is 8.13. The number of halogens is 1. The first-order chi connectivity index (χ1) is 9.82. The van der Waals surface area contributed by atoms with E-state index < -0.39 is 9.05 Å². The highest BCUT2D eigenvalue weighted by Gasteiger charge is 2.23. The Morgan fingerprint density at radius 2 is 2.10 bits per heavy atom. The fourth-order valence-corrected chi connectivity index (χ4v) is 2.85. The maximum absolute atomic E-state index is 11.6. The van der Waals surface area contributed by atoms with Gasteiger partial charge >= 0.3 is 0 Å². The minimum atomic E-state index is -3.99. The molecule has 0 saturated carbocycles. The van der Waals surface area contributed by atoms with Gasteiger partial charge in [0.05, 0.1) is 11.6 Å². The molecule has 0 amide bonds. The standard InChI is InChI=1S/C13H13ClN4O2S/c1-9(2)8-18-12(16-17-13(18)21(14,19)20)11-5-3-4-10(6-11)7-15/h3-6,9H,8H2,1-2H3. The van der Waals surface area contributed by atoms with E-state index in [1.807, 2.05) is 19.9 Å². The van der Waals surface area contributed by atoms with Crippen molar-refractivity contribution in [1.82, 2.24) is 14.8 Å². The molecule has 1 heterocycles. The number of hydrogen-bond acceptors (Lipinski definition) is 5. The topological polar surface area (TPSA) is 88.6 Å². The molecule has 6 nitrogen and oxygen atoms in total. The Kier molecular flexibility index (Phi) is 4.30. The lowest BCUT2D eigenvalue weighted by molar-refractivity contribution is 0.488. The van der Waals surface area contributed by atoms with Crippen LogP contribution in [0.5, 0.6) is 0 Å². The normalized spacial score (nSPS) is 11.6. The maximum Gasteiger partial charge on any atom is 0.296 e. The predicted octanol–water partition coefficient (Wildman–Crippen LogP) is 2.40. The van der Waals surface area contributed by atoms with Crippen molar-refractivity contribution < 1.29 is 8.42 Å². The molecule has 0 aliphatic carbocycles. The van der Waals surface area contributed by atoms with Crippen molar-refractivity contribution in [2.24, 2.45) is 5.92 Å². The average Bonchev–Trinajstić information content (AvgIpc) is 2.81. The lowest BCUT2D eigenvalue weighted by Gasteiger charge is -2.11. The van der Waals surface area contributed by atoms with Gasteiger partial charge in [-0.15, -0.1) is 10.2 Å². The van der Waals surface area contributed by atoms with Crippen molar-refractivity contribution in [3.8, 4) is 17.5 Å². The molecule has 0 bridgehead atoms. The summed E-state index contributed by atoms with van der Waals surface area (Å²) < 4.78 is 24.6. The van der Waals surface area contributed by atoms with Gasteiger partial charge in [0.15, 0.2) is 5.82 Å². The molecule has 8 heteroatoms. The fraction of sp³-hybridized carbons (Fsp3) is 0.308. The second kappa shape index (κ2) is 5.84. The van der Waals surface area contributed by atoms with Gasteiger partial charge in [-0.2, -0.15) is 5.26 Å². The first-order valence-corrected chi connectivity index (χ1v) is 8.52. The Bertz CT molecular complexity index is 806. The summed E-state index contributed by atoms with van der Waals surface area (Å²) >= 11 is 0. The van der Waals surface area contributed by atoms with E-state index in [-0.39, 0.29) is 11.1 Å². The number of rotatable bonds is 4. The van der Waals surface area contributed by atoms with Crippen LogP contribution in [0.3, 0.4) is 0 Å². The summed E-state index contributed by atoms with van der Waals surface area (Å²) in [4.78, 5) is 0. The highest BCUT2D eigenvalue weighted by Crippen LogP contribution is 2.24. The molecule has 0 aliphatic rings. The molecule has 2 rings (SSSR count). The molecule has 1 aromatic heterocycles. The molecule has 0 saturated heterocycles. The third-order valence-electron chi connectivity index (χ3n) is 2.73. The Morgan fingerprint density at radius 3 is 2.67 bits per heavy atom. The fourth-order valence-electron chi connectivity index (χ4n) is 1.94. The predicted molar refractivity (Wildman–Crippen MR) is 78.0 cm³/mol. The van der Waals surface area contributed by atoms with E-state index in [1.165, 1.54) is 4.57 Å². The number of nitrogens with zero attached hydrogens (tertiary/aromatic N) is 4. The molecule has 0 atom stereocenters. The highest BCUT2D eigenvalue weighted by atomic mass is 35.7. The Hall–Kier alpha value is -1.91. The van der Waals surface area contributed by atoms with Crippen molar-refractivity contribution in [2.45, 2.75) is 25.5 Å². The third-order valence-corrected chi connectivity index (χ3v) is 3.88. The van der Waals surface area contributed by atoms with Crippen molar-refractivity contribution in [1.29, 1.82) is 5.26 Å². The van der Waals surface area contributed by atoms with Gasteiger partial charge in [0.2, 0.25) is 0 Å². The molecule has 110 valence electrons. The van der Waals surface area contributed by atoms with Gasteiger partial charge in [-0.05, 0) is 18.1 Å². The molecule has 0 fully saturated rings. The third kappa shape index (κ3) is 3.40. The molecular formula is C13H13ClN4O2S. The van der Waals surface area contributed by atoms with Crippen LogP contribution < -0.4 is 0 Å². The van der Waals surface area contributed by atoms with Crippen molar-refractivity contribution in [2.75, 3.05) is 0 Å². The van der Waals surface area contributed by atoms with Gasteiger partial charge in [0, 0.05) is 22.8 Å². The summed E-state index contributed by atoms with van der Waals surface area (Å²) in [7, 11) is 1.42. The van der Waals surface area contributed by atoms with Crippen LogP contribution in [0.2, 0.25) is 0 Å². The maximum atomic E-state index is 11.6. The average molecular weight is 325 g/mol. The lowest BCUT2D eigenvalue weighted by Crippen LogP contribution is -2.11. The summed E-state index contributed by atoms with van der Waals surface area (Å²) in [6.45, 7) is 4.29. The van der Waals surface area contributed by atoms with E-state index >= 15 is 0 Å². The van der Waals surface area contributed by atoms with E-state index in [0.29, 0.717) is 23.5 Å². The van der Waals surface area contributed by atoms with E-state index in [1.54, 1.807) is 24.3 Å². The smallest absolute Gasteiger partial charge is 0.296 e. The summed E-state index contributed by atoms with van der Waals surface area (Å²) in [5, 5.41) is 16.3. The van der Waals surface area contributed by atoms with E-state index in [2.05, 4.69) is 10.2 Å². The van der Waals surface area contributed by atoms with Gasteiger partial charge in [-0.25, -0.2) is 8.42 Å². The number of benzene rings is 1. The SMILES string of the molecule is CC(C)Cn1c(-c2cccc(C#N)c2)nnc1S(=O)(=O)Cl. The molecule has 0 aliphatic heterocycles. The molecule has 21 heavy (non-hydrogen) atoms. The molecule has 0 spiro atoms. The zero-order chi connectivity index (χ0) is 15.6. The van der Waals surface area contributed by atoms with E-state index in [0.717, 1.165) is 0 Å². The van der Waals surface area contributed by atoms with Gasteiger partial charge in [-0.3, -0.25) is 4.57 Å². The quantitative estimate of drug-likeness (QED) is 0.806. The van der Waals surface area contributed by atoms with Gasteiger partial charge in [0.1, 0.15) is 0 Å². The van der Waals surface area contributed by atoms with Crippen molar-refractivity contribution in [3.63, 3.8) is 0 Å². The molecule has 0 N–H and O–H groups in total. The van der Waals surface area contributed by atoms with Gasteiger partial charge in [0.25, 0.3) is 14.2 Å². The monoisotopic (exact) mass is 324 g/mol. The molecular weight excluding hydrogens is 312 g/mol. The van der Waals surface area contributed by atoms with Crippen molar-refractivity contribution in [3.05, 3.63) is 29.8 Å². The zero-order valence-electron chi connectivity index (χ0n) is 11.5. The summed E-state index contributed by atoms with van der Waals surface area (Å²) in [5.74, 6) is 0.552. The summed E-state index contributed by atoms with van der Waals surface area (Å²) in [5.41, 5.74) is 1.08. The Balaban J connectivity index is 2.64. The van der Waals surface area contributed by atoms with Gasteiger partial charge in [-0.1, -0.05) is 26.0 Å². The van der Waals surface area contributed by atoms with Crippen LogP contribution in [0.25, 0.3) is 11.4 Å². The Morgan fingerprint density at radius 1 is 1.38 bits per heavy atom. The second-order valence-electron chi connectivity index (χ2n) is 4.94. The van der Waals surface area contributed by atoms with Crippen LogP contribution in [0.4, 0.5) is 0 Å². The molecule has 0 radical (unpaired) electrons. The van der Waals surface area contributed by atoms with Crippen LogP contribution in [0.1, 0.15) is 19.4 Å². The van der Waals surface area contributed by atoms with Crippen LogP contribution in [0, 0.1) is 17.2 Å². The van der Waals surface area contributed by atoms with Crippen LogP contribution >= 0.6 is 10.7 Å². The minimum Gasteiger partial charge on any atom is -0.297 e. The van der Waals surface area contributed by atoms with Gasteiger partial charge < -0.3 is 0 Å². The second-order valence-corrected chi connectivity index (χ2v) is 7.40. The molecule has 0 unspecified atom stereocenters. The first kappa shape index (κ1) is 15.5. The van der Waals surface area contributed by atoms with Crippen LogP contribution in [0.15, 0.2) is 29.4 Å².